The summed E-state index contributed by atoms with van der Waals surface area (Å²) in [6, 6.07) is 6.39. The predicted molar refractivity (Wildman–Crippen MR) is 81.4 cm³/mol. The second-order valence-corrected chi connectivity index (χ2v) is 5.44. The molecule has 1 heterocycles. The Kier molecular flexibility index (Phi) is 7.95. The van der Waals surface area contributed by atoms with E-state index in [9.17, 15) is 13.6 Å². The number of anilines is 1. The molecule has 1 saturated heterocycles. The number of amides is 1. The van der Waals surface area contributed by atoms with Crippen LogP contribution in [-0.2, 0) is 9.53 Å². The van der Waals surface area contributed by atoms with Crippen LogP contribution < -0.4 is 10.6 Å². The standard InChI is InChI=1S/C13H16F2N2O2S.ClH/c14-13(15)20-11-3-1-9(2-4-11)17-12(18)7-10-8-19-6-5-16-10;/h1-4,10,13,16H,5-8H2,(H,17,18);1H. The van der Waals surface area contributed by atoms with Gasteiger partial charge in [0.05, 0.1) is 13.2 Å². The monoisotopic (exact) mass is 338 g/mol. The first-order valence-corrected chi connectivity index (χ1v) is 7.17. The van der Waals surface area contributed by atoms with Crippen molar-refractivity contribution in [1.29, 1.82) is 0 Å². The molecule has 0 aromatic heterocycles. The van der Waals surface area contributed by atoms with Crippen LogP contribution in [-0.4, -0.2) is 37.5 Å². The number of thioether (sulfide) groups is 1. The number of hydrogen-bond acceptors (Lipinski definition) is 4. The third kappa shape index (κ3) is 6.60. The highest BCUT2D eigenvalue weighted by Gasteiger charge is 2.16. The second kappa shape index (κ2) is 9.19. The predicted octanol–water partition coefficient (Wildman–Crippen LogP) is 2.74. The largest absolute Gasteiger partial charge is 0.378 e. The number of rotatable bonds is 5. The molecule has 1 aromatic carbocycles. The lowest BCUT2D eigenvalue weighted by atomic mass is 10.2. The number of ether oxygens (including phenoxy) is 1. The average Bonchev–Trinajstić information content (AvgIpc) is 2.41. The maximum atomic E-state index is 12.2. The molecule has 0 spiro atoms. The first kappa shape index (κ1) is 18.2. The maximum Gasteiger partial charge on any atom is 0.288 e. The van der Waals surface area contributed by atoms with E-state index in [2.05, 4.69) is 10.6 Å². The Labute approximate surface area is 132 Å². The van der Waals surface area contributed by atoms with Gasteiger partial charge in [-0.25, -0.2) is 0 Å². The van der Waals surface area contributed by atoms with Gasteiger partial charge in [-0.2, -0.15) is 8.78 Å². The number of carbonyl (C=O) groups excluding carboxylic acids is 1. The maximum absolute atomic E-state index is 12.2. The molecule has 21 heavy (non-hydrogen) atoms. The summed E-state index contributed by atoms with van der Waals surface area (Å²) < 4.78 is 29.6. The van der Waals surface area contributed by atoms with Crippen LogP contribution in [0, 0.1) is 0 Å². The molecule has 0 saturated carbocycles. The quantitative estimate of drug-likeness (QED) is 0.811. The van der Waals surface area contributed by atoms with Crippen molar-refractivity contribution in [2.75, 3.05) is 25.1 Å². The zero-order valence-corrected chi connectivity index (χ0v) is 12.8. The second-order valence-electron chi connectivity index (χ2n) is 4.38. The molecule has 0 aliphatic carbocycles. The lowest BCUT2D eigenvalue weighted by Gasteiger charge is -2.23. The fourth-order valence-corrected chi connectivity index (χ4v) is 2.41. The number of alkyl halides is 2. The van der Waals surface area contributed by atoms with E-state index in [1.807, 2.05) is 0 Å². The number of nitrogens with one attached hydrogen (secondary N) is 2. The van der Waals surface area contributed by atoms with Crippen molar-refractivity contribution in [3.63, 3.8) is 0 Å². The first-order chi connectivity index (χ1) is 9.63. The van der Waals surface area contributed by atoms with Crippen molar-refractivity contribution in [2.24, 2.45) is 0 Å². The fourth-order valence-electron chi connectivity index (χ4n) is 1.91. The lowest BCUT2D eigenvalue weighted by molar-refractivity contribution is -0.117. The van der Waals surface area contributed by atoms with Crippen LogP contribution in [0.4, 0.5) is 14.5 Å². The van der Waals surface area contributed by atoms with E-state index in [0.717, 1.165) is 6.54 Å². The first-order valence-electron chi connectivity index (χ1n) is 6.29. The van der Waals surface area contributed by atoms with E-state index in [-0.39, 0.29) is 24.4 Å². The van der Waals surface area contributed by atoms with Crippen molar-refractivity contribution >= 4 is 35.8 Å². The summed E-state index contributed by atoms with van der Waals surface area (Å²) in [6.07, 6.45) is 0.327. The molecule has 8 heteroatoms. The SMILES string of the molecule is Cl.O=C(CC1COCCN1)Nc1ccc(SC(F)F)cc1. The van der Waals surface area contributed by atoms with Gasteiger partial charge in [0.25, 0.3) is 5.76 Å². The minimum Gasteiger partial charge on any atom is -0.378 e. The molecule has 1 aliphatic rings. The molecule has 1 atom stereocenters. The van der Waals surface area contributed by atoms with E-state index in [1.165, 1.54) is 0 Å². The Hall–Kier alpha value is -0.890. The van der Waals surface area contributed by atoms with Gasteiger partial charge in [0.2, 0.25) is 5.91 Å². The Morgan fingerprint density at radius 2 is 2.14 bits per heavy atom. The van der Waals surface area contributed by atoms with Crippen molar-refractivity contribution in [2.45, 2.75) is 23.1 Å². The van der Waals surface area contributed by atoms with E-state index < -0.39 is 5.76 Å². The molecule has 0 bridgehead atoms. The van der Waals surface area contributed by atoms with Crippen molar-refractivity contribution in [1.82, 2.24) is 5.32 Å². The topological polar surface area (TPSA) is 50.4 Å². The van der Waals surface area contributed by atoms with Gasteiger partial charge in [-0.15, -0.1) is 12.4 Å². The molecular formula is C13H17ClF2N2O2S. The molecular weight excluding hydrogens is 322 g/mol. The van der Waals surface area contributed by atoms with Crippen molar-refractivity contribution < 1.29 is 18.3 Å². The van der Waals surface area contributed by atoms with Gasteiger partial charge in [-0.1, -0.05) is 11.8 Å². The minimum absolute atomic E-state index is 0. The molecule has 1 unspecified atom stereocenters. The highest BCUT2D eigenvalue weighted by molar-refractivity contribution is 7.99. The van der Waals surface area contributed by atoms with Gasteiger partial charge in [0.15, 0.2) is 0 Å². The molecule has 2 rings (SSSR count). The molecule has 4 nitrogen and oxygen atoms in total. The molecule has 2 N–H and O–H groups in total. The van der Waals surface area contributed by atoms with E-state index >= 15 is 0 Å². The van der Waals surface area contributed by atoms with Crippen LogP contribution in [0.1, 0.15) is 6.42 Å². The van der Waals surface area contributed by atoms with Gasteiger partial charge < -0.3 is 15.4 Å². The van der Waals surface area contributed by atoms with Crippen LogP contribution in [0.3, 0.4) is 0 Å². The Bertz CT molecular complexity index is 442. The van der Waals surface area contributed by atoms with Gasteiger partial charge in [0, 0.05) is 29.6 Å². The normalized spacial score (nSPS) is 18.1. The lowest BCUT2D eigenvalue weighted by Crippen LogP contribution is -2.43. The van der Waals surface area contributed by atoms with E-state index in [1.54, 1.807) is 24.3 Å². The Morgan fingerprint density at radius 3 is 2.71 bits per heavy atom. The van der Waals surface area contributed by atoms with Gasteiger partial charge in [-0.05, 0) is 24.3 Å². The number of carbonyl (C=O) groups is 1. The molecule has 0 radical (unpaired) electrons. The summed E-state index contributed by atoms with van der Waals surface area (Å²) in [5.41, 5.74) is 0.602. The zero-order chi connectivity index (χ0) is 14.4. The number of hydrogen-bond donors (Lipinski definition) is 2. The molecule has 1 amide bonds. The van der Waals surface area contributed by atoms with Crippen LogP contribution in [0.5, 0.6) is 0 Å². The van der Waals surface area contributed by atoms with Crippen molar-refractivity contribution in [3.05, 3.63) is 24.3 Å². The van der Waals surface area contributed by atoms with Crippen LogP contribution in [0.2, 0.25) is 0 Å². The van der Waals surface area contributed by atoms with Gasteiger partial charge in [-0.3, -0.25) is 4.79 Å². The zero-order valence-electron chi connectivity index (χ0n) is 11.2. The molecule has 1 aliphatic heterocycles. The van der Waals surface area contributed by atoms with Crippen LogP contribution in [0.15, 0.2) is 29.2 Å². The van der Waals surface area contributed by atoms with Gasteiger partial charge >= 0.3 is 0 Å². The molecule has 118 valence electrons. The fraction of sp³-hybridized carbons (Fsp3) is 0.462. The third-order valence-electron chi connectivity index (χ3n) is 2.79. The summed E-state index contributed by atoms with van der Waals surface area (Å²) >= 11 is 0.482. The van der Waals surface area contributed by atoms with E-state index in [0.29, 0.717) is 42.0 Å². The average molecular weight is 339 g/mol. The van der Waals surface area contributed by atoms with E-state index in [4.69, 9.17) is 4.74 Å². The minimum atomic E-state index is -2.44. The number of benzene rings is 1. The van der Waals surface area contributed by atoms with Crippen LogP contribution >= 0.6 is 24.2 Å². The number of morpholine rings is 1. The van der Waals surface area contributed by atoms with Crippen molar-refractivity contribution in [3.8, 4) is 0 Å². The summed E-state index contributed by atoms with van der Waals surface area (Å²) in [4.78, 5) is 12.3. The smallest absolute Gasteiger partial charge is 0.288 e. The summed E-state index contributed by atoms with van der Waals surface area (Å²) in [5.74, 6) is -2.56. The Morgan fingerprint density at radius 1 is 1.43 bits per heavy atom. The molecule has 1 aromatic rings. The highest BCUT2D eigenvalue weighted by Crippen LogP contribution is 2.26. The Balaban J connectivity index is 0.00000220. The highest BCUT2D eigenvalue weighted by atomic mass is 35.5. The van der Waals surface area contributed by atoms with Gasteiger partial charge in [0.1, 0.15) is 0 Å². The number of halogens is 3. The molecule has 1 fully saturated rings. The summed E-state index contributed by atoms with van der Waals surface area (Å²) in [7, 11) is 0. The summed E-state index contributed by atoms with van der Waals surface area (Å²) in [5, 5.41) is 5.93. The van der Waals surface area contributed by atoms with Crippen LogP contribution in [0.25, 0.3) is 0 Å². The summed E-state index contributed by atoms with van der Waals surface area (Å²) in [6.45, 7) is 1.94. The third-order valence-corrected chi connectivity index (χ3v) is 3.52.